The molecule has 0 saturated carbocycles. The summed E-state index contributed by atoms with van der Waals surface area (Å²) in [6.45, 7) is 2.37. The maximum atomic E-state index is 12.1. The molecule has 1 rings (SSSR count). The third kappa shape index (κ3) is 7.34. The fourth-order valence-electron chi connectivity index (χ4n) is 1.30. The molecule has 0 radical (unpaired) electrons. The lowest BCUT2D eigenvalue weighted by Crippen LogP contribution is -2.28. The number of nitrogens with two attached hydrogens (primary N) is 1. The molecule has 0 saturated heterocycles. The summed E-state index contributed by atoms with van der Waals surface area (Å²) in [5.41, 5.74) is 6.02. The first-order valence-corrected chi connectivity index (χ1v) is 6.45. The average molecular weight is 311 g/mol. The van der Waals surface area contributed by atoms with Gasteiger partial charge in [0.2, 0.25) is 0 Å². The second-order valence-corrected chi connectivity index (χ2v) is 4.99. The van der Waals surface area contributed by atoms with Crippen molar-refractivity contribution in [1.82, 2.24) is 5.32 Å². The molecular formula is C12H17ClF2N2OS. The predicted molar refractivity (Wildman–Crippen MR) is 76.2 cm³/mol. The van der Waals surface area contributed by atoms with E-state index in [1.807, 2.05) is 6.92 Å². The Balaban J connectivity index is 0.00000324. The number of carbonyl (C=O) groups excluding carboxylic acids is 1. The van der Waals surface area contributed by atoms with Crippen LogP contribution in [0.5, 0.6) is 0 Å². The number of nitrogens with one attached hydrogen (secondary N) is 1. The van der Waals surface area contributed by atoms with Crippen molar-refractivity contribution >= 4 is 30.1 Å². The molecule has 19 heavy (non-hydrogen) atoms. The van der Waals surface area contributed by atoms with E-state index in [-0.39, 0.29) is 24.4 Å². The van der Waals surface area contributed by atoms with Crippen molar-refractivity contribution in [3.8, 4) is 0 Å². The van der Waals surface area contributed by atoms with Gasteiger partial charge in [-0.15, -0.1) is 12.4 Å². The molecule has 3 N–H and O–H groups in total. The summed E-state index contributed by atoms with van der Waals surface area (Å²) in [4.78, 5) is 12.1. The standard InChI is InChI=1S/C12H16F2N2OS.ClH/c1-8(15)6-7-16-11(17)9-2-4-10(5-3-9)18-12(13)14;/h2-5,8,12H,6-7,15H2,1H3,(H,16,17);1H. The Morgan fingerprint density at radius 3 is 2.42 bits per heavy atom. The minimum atomic E-state index is -2.45. The summed E-state index contributed by atoms with van der Waals surface area (Å²) in [6.07, 6.45) is 0.699. The Kier molecular flexibility index (Phi) is 8.71. The van der Waals surface area contributed by atoms with Gasteiger partial charge in [0.1, 0.15) is 0 Å². The van der Waals surface area contributed by atoms with Gasteiger partial charge in [-0.25, -0.2) is 0 Å². The first kappa shape index (κ1) is 18.1. The molecule has 0 heterocycles. The highest BCUT2D eigenvalue weighted by molar-refractivity contribution is 7.99. The molecule has 1 unspecified atom stereocenters. The van der Waals surface area contributed by atoms with Gasteiger partial charge in [-0.05, 0) is 37.6 Å². The Morgan fingerprint density at radius 1 is 1.37 bits per heavy atom. The molecule has 1 amide bonds. The molecule has 1 aromatic carbocycles. The summed E-state index contributed by atoms with van der Waals surface area (Å²) < 4.78 is 24.2. The van der Waals surface area contributed by atoms with Crippen LogP contribution in [0.3, 0.4) is 0 Å². The molecule has 0 aliphatic heterocycles. The van der Waals surface area contributed by atoms with Gasteiger partial charge in [0, 0.05) is 23.0 Å². The van der Waals surface area contributed by atoms with Crippen LogP contribution >= 0.6 is 24.2 Å². The third-order valence-corrected chi connectivity index (χ3v) is 2.95. The van der Waals surface area contributed by atoms with Crippen molar-refractivity contribution in [2.45, 2.75) is 30.0 Å². The highest BCUT2D eigenvalue weighted by atomic mass is 35.5. The number of hydrogen-bond acceptors (Lipinski definition) is 3. The molecule has 0 fully saturated rings. The average Bonchev–Trinajstić information content (AvgIpc) is 2.28. The van der Waals surface area contributed by atoms with Crippen LogP contribution in [0.15, 0.2) is 29.2 Å². The molecule has 1 aromatic rings. The summed E-state index contributed by atoms with van der Waals surface area (Å²) in [5.74, 6) is -2.67. The molecule has 0 bridgehead atoms. The number of amides is 1. The first-order valence-electron chi connectivity index (χ1n) is 5.57. The van der Waals surface area contributed by atoms with Gasteiger partial charge < -0.3 is 11.1 Å². The zero-order valence-electron chi connectivity index (χ0n) is 10.4. The van der Waals surface area contributed by atoms with Gasteiger partial charge in [0.15, 0.2) is 0 Å². The second kappa shape index (κ2) is 9.12. The lowest BCUT2D eigenvalue weighted by atomic mass is 10.2. The van der Waals surface area contributed by atoms with Crippen LogP contribution in [-0.4, -0.2) is 24.3 Å². The van der Waals surface area contributed by atoms with Gasteiger partial charge in [-0.2, -0.15) is 8.78 Å². The molecule has 3 nitrogen and oxygen atoms in total. The maximum Gasteiger partial charge on any atom is 0.288 e. The van der Waals surface area contributed by atoms with Gasteiger partial charge in [0.05, 0.1) is 0 Å². The highest BCUT2D eigenvalue weighted by Crippen LogP contribution is 2.24. The van der Waals surface area contributed by atoms with Crippen LogP contribution < -0.4 is 11.1 Å². The summed E-state index contributed by atoms with van der Waals surface area (Å²) in [7, 11) is 0. The number of carbonyl (C=O) groups is 1. The van der Waals surface area contributed by atoms with E-state index in [1.54, 1.807) is 0 Å². The zero-order valence-corrected chi connectivity index (χ0v) is 12.1. The van der Waals surface area contributed by atoms with Crippen LogP contribution in [0, 0.1) is 0 Å². The quantitative estimate of drug-likeness (QED) is 0.794. The SMILES string of the molecule is CC(N)CCNC(=O)c1ccc(SC(F)F)cc1.Cl. The van der Waals surface area contributed by atoms with Crippen LogP contribution in [0.1, 0.15) is 23.7 Å². The number of hydrogen-bond donors (Lipinski definition) is 2. The van der Waals surface area contributed by atoms with E-state index >= 15 is 0 Å². The summed E-state index contributed by atoms with van der Waals surface area (Å²) in [6, 6.07) is 6.13. The molecule has 108 valence electrons. The summed E-state index contributed by atoms with van der Waals surface area (Å²) >= 11 is 0.459. The van der Waals surface area contributed by atoms with Crippen molar-refractivity contribution in [1.29, 1.82) is 0 Å². The number of benzene rings is 1. The lowest BCUT2D eigenvalue weighted by Gasteiger charge is -2.07. The molecule has 0 spiro atoms. The van der Waals surface area contributed by atoms with Crippen molar-refractivity contribution in [3.05, 3.63) is 29.8 Å². The molecule has 0 aliphatic rings. The van der Waals surface area contributed by atoms with E-state index in [2.05, 4.69) is 5.32 Å². The van der Waals surface area contributed by atoms with Crippen molar-refractivity contribution in [3.63, 3.8) is 0 Å². The van der Waals surface area contributed by atoms with E-state index in [9.17, 15) is 13.6 Å². The normalized spacial score (nSPS) is 11.8. The van der Waals surface area contributed by atoms with Crippen molar-refractivity contribution in [2.24, 2.45) is 5.73 Å². The van der Waals surface area contributed by atoms with Crippen LogP contribution in [0.25, 0.3) is 0 Å². The fourth-order valence-corrected chi connectivity index (χ4v) is 1.80. The molecular weight excluding hydrogens is 294 g/mol. The Bertz CT molecular complexity index is 388. The second-order valence-electron chi connectivity index (χ2n) is 3.92. The molecule has 0 aliphatic carbocycles. The Labute approximate surface area is 121 Å². The van der Waals surface area contributed by atoms with E-state index in [0.29, 0.717) is 35.2 Å². The number of alkyl halides is 2. The molecule has 7 heteroatoms. The Morgan fingerprint density at radius 2 is 1.95 bits per heavy atom. The van der Waals surface area contributed by atoms with E-state index in [0.717, 1.165) is 0 Å². The van der Waals surface area contributed by atoms with E-state index in [1.165, 1.54) is 24.3 Å². The number of thioether (sulfide) groups is 1. The number of rotatable bonds is 6. The van der Waals surface area contributed by atoms with E-state index < -0.39 is 5.76 Å². The molecule has 0 aromatic heterocycles. The lowest BCUT2D eigenvalue weighted by molar-refractivity contribution is 0.0952. The monoisotopic (exact) mass is 310 g/mol. The van der Waals surface area contributed by atoms with Gasteiger partial charge in [-0.3, -0.25) is 4.79 Å². The fraction of sp³-hybridized carbons (Fsp3) is 0.417. The topological polar surface area (TPSA) is 55.1 Å². The third-order valence-electron chi connectivity index (χ3n) is 2.23. The highest BCUT2D eigenvalue weighted by Gasteiger charge is 2.08. The largest absolute Gasteiger partial charge is 0.352 e. The minimum Gasteiger partial charge on any atom is -0.352 e. The van der Waals surface area contributed by atoms with Crippen molar-refractivity contribution in [2.75, 3.05) is 6.54 Å². The number of halogens is 3. The smallest absolute Gasteiger partial charge is 0.288 e. The maximum absolute atomic E-state index is 12.1. The zero-order chi connectivity index (χ0) is 13.5. The van der Waals surface area contributed by atoms with Crippen LogP contribution in [0.2, 0.25) is 0 Å². The van der Waals surface area contributed by atoms with E-state index in [4.69, 9.17) is 5.73 Å². The van der Waals surface area contributed by atoms with Gasteiger partial charge in [-0.1, -0.05) is 11.8 Å². The van der Waals surface area contributed by atoms with Crippen LogP contribution in [0.4, 0.5) is 8.78 Å². The predicted octanol–water partition coefficient (Wildman–Crippen LogP) is 2.89. The van der Waals surface area contributed by atoms with Gasteiger partial charge in [0.25, 0.3) is 11.7 Å². The van der Waals surface area contributed by atoms with Crippen molar-refractivity contribution < 1.29 is 13.6 Å². The molecule has 1 atom stereocenters. The van der Waals surface area contributed by atoms with Gasteiger partial charge >= 0.3 is 0 Å². The summed E-state index contributed by atoms with van der Waals surface area (Å²) in [5, 5.41) is 2.72. The minimum absolute atomic E-state index is 0. The van der Waals surface area contributed by atoms with Crippen LogP contribution in [-0.2, 0) is 0 Å². The Hall–Kier alpha value is -0.850. The first-order chi connectivity index (χ1) is 8.49.